The molecule has 0 saturated carbocycles. The monoisotopic (exact) mass is 481 g/mol. The van der Waals surface area contributed by atoms with Crippen molar-refractivity contribution in [2.24, 2.45) is 0 Å². The van der Waals surface area contributed by atoms with E-state index < -0.39 is 17.2 Å². The van der Waals surface area contributed by atoms with Crippen LogP contribution in [0.15, 0.2) is 69.5 Å². The molecule has 0 atom stereocenters. The summed E-state index contributed by atoms with van der Waals surface area (Å²) in [6, 6.07) is 14.7. The SMILES string of the molecule is COCCN(C(=O)CSc1nnc2ccccn12)c1c(N)n(Cc2ccccc2)c(=O)[nH]c1=O. The molecular formula is C22H23N7O4S. The van der Waals surface area contributed by atoms with Crippen LogP contribution in [0.25, 0.3) is 5.65 Å². The number of methoxy groups -OCH3 is 1. The first-order valence-corrected chi connectivity index (χ1v) is 11.4. The summed E-state index contributed by atoms with van der Waals surface area (Å²) in [4.78, 5) is 42.0. The molecule has 0 saturated heterocycles. The standard InChI is InChI=1S/C22H23N7O4S/c1-33-12-11-28(17(30)14-34-22-26-25-16-9-5-6-10-27(16)22)18-19(23)29(21(32)24-20(18)31)13-15-7-3-2-4-8-15/h2-10H,11-14,23H2,1H3,(H,24,31,32). The van der Waals surface area contributed by atoms with Crippen molar-refractivity contribution in [1.29, 1.82) is 0 Å². The van der Waals surface area contributed by atoms with E-state index in [9.17, 15) is 14.4 Å². The molecule has 0 spiro atoms. The molecule has 0 aliphatic heterocycles. The van der Waals surface area contributed by atoms with Gasteiger partial charge in [0.2, 0.25) is 5.91 Å². The summed E-state index contributed by atoms with van der Waals surface area (Å²) in [7, 11) is 1.49. The van der Waals surface area contributed by atoms with Crippen LogP contribution in [0.3, 0.4) is 0 Å². The van der Waals surface area contributed by atoms with Crippen molar-refractivity contribution >= 4 is 34.8 Å². The van der Waals surface area contributed by atoms with Crippen molar-refractivity contribution in [3.05, 3.63) is 81.1 Å². The molecule has 4 aromatic rings. The highest BCUT2D eigenvalue weighted by molar-refractivity contribution is 7.99. The third-order valence-electron chi connectivity index (χ3n) is 5.09. The number of aromatic amines is 1. The lowest BCUT2D eigenvalue weighted by Crippen LogP contribution is -2.43. The summed E-state index contributed by atoms with van der Waals surface area (Å²) in [5.74, 6) is -0.521. The number of fused-ring (bicyclic) bond motifs is 1. The lowest BCUT2D eigenvalue weighted by atomic mass is 10.2. The predicted molar refractivity (Wildman–Crippen MR) is 129 cm³/mol. The zero-order valence-corrected chi connectivity index (χ0v) is 19.2. The van der Waals surface area contributed by atoms with Gasteiger partial charge in [-0.2, -0.15) is 0 Å². The van der Waals surface area contributed by atoms with Gasteiger partial charge in [-0.05, 0) is 17.7 Å². The summed E-state index contributed by atoms with van der Waals surface area (Å²) >= 11 is 1.18. The maximum Gasteiger partial charge on any atom is 0.330 e. The number of nitrogens with zero attached hydrogens (tertiary/aromatic N) is 5. The molecular weight excluding hydrogens is 458 g/mol. The third kappa shape index (κ3) is 4.87. The smallest absolute Gasteiger partial charge is 0.330 e. The maximum atomic E-state index is 13.2. The van der Waals surface area contributed by atoms with Gasteiger partial charge in [0.05, 0.1) is 18.9 Å². The minimum Gasteiger partial charge on any atom is -0.383 e. The molecule has 0 aliphatic carbocycles. The number of amides is 1. The van der Waals surface area contributed by atoms with Crippen LogP contribution in [-0.4, -0.2) is 56.1 Å². The number of nitrogen functional groups attached to an aromatic ring is 1. The van der Waals surface area contributed by atoms with Crippen molar-refractivity contribution in [2.45, 2.75) is 11.7 Å². The van der Waals surface area contributed by atoms with Gasteiger partial charge in [0.15, 0.2) is 16.5 Å². The lowest BCUT2D eigenvalue weighted by molar-refractivity contribution is -0.116. The van der Waals surface area contributed by atoms with Crippen LogP contribution in [0.5, 0.6) is 0 Å². The number of hydrogen-bond acceptors (Lipinski definition) is 8. The molecule has 0 bridgehead atoms. The maximum absolute atomic E-state index is 13.2. The zero-order valence-electron chi connectivity index (χ0n) is 18.4. The second kappa shape index (κ2) is 10.4. The Morgan fingerprint density at radius 2 is 1.91 bits per heavy atom. The van der Waals surface area contributed by atoms with E-state index in [0.717, 1.165) is 5.56 Å². The van der Waals surface area contributed by atoms with Crippen molar-refractivity contribution < 1.29 is 9.53 Å². The van der Waals surface area contributed by atoms with Gasteiger partial charge >= 0.3 is 5.69 Å². The van der Waals surface area contributed by atoms with Crippen molar-refractivity contribution in [3.63, 3.8) is 0 Å². The van der Waals surface area contributed by atoms with Gasteiger partial charge in [-0.1, -0.05) is 48.2 Å². The van der Waals surface area contributed by atoms with Gasteiger partial charge in [0, 0.05) is 19.9 Å². The van der Waals surface area contributed by atoms with E-state index in [1.54, 1.807) is 16.7 Å². The van der Waals surface area contributed by atoms with Gasteiger partial charge in [-0.3, -0.25) is 23.5 Å². The number of pyridine rings is 1. The number of H-pyrrole nitrogens is 1. The Bertz CT molecular complexity index is 1410. The molecule has 11 nitrogen and oxygen atoms in total. The van der Waals surface area contributed by atoms with Crippen molar-refractivity contribution in [2.75, 3.05) is 36.6 Å². The van der Waals surface area contributed by atoms with E-state index in [1.807, 2.05) is 42.5 Å². The first-order valence-electron chi connectivity index (χ1n) is 10.4. The van der Waals surface area contributed by atoms with Crippen LogP contribution >= 0.6 is 11.8 Å². The topological polar surface area (TPSA) is 141 Å². The number of rotatable bonds is 9. The Balaban J connectivity index is 1.64. The number of carbonyl (C=O) groups is 1. The number of nitrogens with one attached hydrogen (secondary N) is 1. The number of aromatic nitrogens is 5. The van der Waals surface area contributed by atoms with Crippen molar-refractivity contribution in [3.8, 4) is 0 Å². The van der Waals surface area contributed by atoms with Crippen LogP contribution in [0.4, 0.5) is 11.5 Å². The fraction of sp³-hybridized carbons (Fsp3) is 0.227. The second-order valence-electron chi connectivity index (χ2n) is 7.30. The molecule has 0 aliphatic rings. The normalized spacial score (nSPS) is 11.1. The Labute approximate surface area is 198 Å². The number of thioether (sulfide) groups is 1. The quantitative estimate of drug-likeness (QED) is 0.337. The number of nitrogens with two attached hydrogens (primary N) is 1. The van der Waals surface area contributed by atoms with Crippen LogP contribution in [0.2, 0.25) is 0 Å². The predicted octanol–water partition coefficient (Wildman–Crippen LogP) is 0.981. The highest BCUT2D eigenvalue weighted by Gasteiger charge is 2.25. The first-order chi connectivity index (χ1) is 16.5. The largest absolute Gasteiger partial charge is 0.383 e. The summed E-state index contributed by atoms with van der Waals surface area (Å²) in [6.45, 7) is 0.385. The van der Waals surface area contributed by atoms with Crippen LogP contribution < -0.4 is 21.9 Å². The average molecular weight is 482 g/mol. The van der Waals surface area contributed by atoms with Gasteiger partial charge in [-0.25, -0.2) is 4.79 Å². The molecule has 3 heterocycles. The number of benzene rings is 1. The molecule has 176 valence electrons. The van der Waals surface area contributed by atoms with E-state index in [0.29, 0.717) is 10.8 Å². The summed E-state index contributed by atoms with van der Waals surface area (Å²) < 4.78 is 8.13. The van der Waals surface area contributed by atoms with E-state index in [4.69, 9.17) is 10.5 Å². The molecule has 12 heteroatoms. The number of anilines is 2. The summed E-state index contributed by atoms with van der Waals surface area (Å²) in [6.07, 6.45) is 1.80. The molecule has 0 radical (unpaired) electrons. The Morgan fingerprint density at radius 1 is 1.15 bits per heavy atom. The molecule has 1 amide bonds. The zero-order chi connectivity index (χ0) is 24.1. The third-order valence-corrected chi connectivity index (χ3v) is 6.02. The lowest BCUT2D eigenvalue weighted by Gasteiger charge is -2.24. The summed E-state index contributed by atoms with van der Waals surface area (Å²) in [5, 5.41) is 8.72. The number of ether oxygens (including phenoxy) is 1. The van der Waals surface area contributed by atoms with E-state index in [2.05, 4.69) is 15.2 Å². The highest BCUT2D eigenvalue weighted by Crippen LogP contribution is 2.22. The Kier molecular flexibility index (Phi) is 7.09. The highest BCUT2D eigenvalue weighted by atomic mass is 32.2. The Hall–Kier alpha value is -3.90. The number of hydrogen-bond donors (Lipinski definition) is 2. The van der Waals surface area contributed by atoms with E-state index >= 15 is 0 Å². The molecule has 0 unspecified atom stereocenters. The minimum absolute atomic E-state index is 0.0317. The summed E-state index contributed by atoms with van der Waals surface area (Å²) in [5.41, 5.74) is 6.27. The van der Waals surface area contributed by atoms with Gasteiger partial charge in [0.25, 0.3) is 5.56 Å². The fourth-order valence-electron chi connectivity index (χ4n) is 3.43. The van der Waals surface area contributed by atoms with Crippen LogP contribution in [0, 0.1) is 0 Å². The average Bonchev–Trinajstić information content (AvgIpc) is 3.26. The molecule has 0 fully saturated rings. The van der Waals surface area contributed by atoms with Crippen molar-refractivity contribution in [1.82, 2.24) is 24.1 Å². The fourth-order valence-corrected chi connectivity index (χ4v) is 4.23. The molecule has 4 rings (SSSR count). The molecule has 3 N–H and O–H groups in total. The van der Waals surface area contributed by atoms with Crippen LogP contribution in [-0.2, 0) is 16.1 Å². The second-order valence-corrected chi connectivity index (χ2v) is 8.25. The van der Waals surface area contributed by atoms with E-state index in [1.165, 1.54) is 28.3 Å². The minimum atomic E-state index is -0.741. The molecule has 1 aromatic carbocycles. The van der Waals surface area contributed by atoms with E-state index in [-0.39, 0.29) is 37.0 Å². The first kappa shape index (κ1) is 23.3. The van der Waals surface area contributed by atoms with Gasteiger partial charge < -0.3 is 15.4 Å². The van der Waals surface area contributed by atoms with Crippen LogP contribution in [0.1, 0.15) is 5.56 Å². The van der Waals surface area contributed by atoms with Gasteiger partial charge in [-0.15, -0.1) is 10.2 Å². The Morgan fingerprint density at radius 3 is 2.68 bits per heavy atom. The number of carbonyl (C=O) groups excluding carboxylic acids is 1. The van der Waals surface area contributed by atoms with Gasteiger partial charge in [0.1, 0.15) is 5.82 Å². The molecule has 34 heavy (non-hydrogen) atoms. The molecule has 3 aromatic heterocycles.